The number of carbonyl (C=O) groups excluding carboxylic acids is 2. The van der Waals surface area contributed by atoms with Gasteiger partial charge in [-0.05, 0) is 43.7 Å². The number of benzene rings is 2. The Labute approximate surface area is 144 Å². The zero-order chi connectivity index (χ0) is 18.4. The number of rotatable bonds is 7. The van der Waals surface area contributed by atoms with Crippen LogP contribution in [0.4, 0.5) is 11.4 Å². The summed E-state index contributed by atoms with van der Waals surface area (Å²) in [4.78, 5) is 33.7. The van der Waals surface area contributed by atoms with E-state index >= 15 is 0 Å². The molecule has 2 rings (SSSR count). The third kappa shape index (κ3) is 4.87. The molecular weight excluding hydrogens is 324 g/mol. The van der Waals surface area contributed by atoms with Crippen LogP contribution < -0.4 is 10.1 Å². The molecule has 7 heteroatoms. The molecule has 2 aromatic carbocycles. The van der Waals surface area contributed by atoms with Crippen molar-refractivity contribution in [3.8, 4) is 5.75 Å². The molecule has 0 heterocycles. The minimum absolute atomic E-state index is 0.0268. The number of aryl methyl sites for hydroxylation is 1. The van der Waals surface area contributed by atoms with Gasteiger partial charge >= 0.3 is 0 Å². The summed E-state index contributed by atoms with van der Waals surface area (Å²) >= 11 is 0. The summed E-state index contributed by atoms with van der Waals surface area (Å²) in [5, 5.41) is 13.6. The first kappa shape index (κ1) is 18.1. The average molecular weight is 342 g/mol. The monoisotopic (exact) mass is 342 g/mol. The summed E-state index contributed by atoms with van der Waals surface area (Å²) in [7, 11) is 0. The van der Waals surface area contributed by atoms with Crippen LogP contribution in [0.25, 0.3) is 0 Å². The van der Waals surface area contributed by atoms with Gasteiger partial charge in [0.1, 0.15) is 5.75 Å². The Hall–Kier alpha value is -3.22. The van der Waals surface area contributed by atoms with Crippen LogP contribution in [0, 0.1) is 10.1 Å². The van der Waals surface area contributed by atoms with Gasteiger partial charge in [0.25, 0.3) is 11.6 Å². The van der Waals surface area contributed by atoms with Crippen LogP contribution in [0.1, 0.15) is 29.8 Å². The Morgan fingerprint density at radius 3 is 2.40 bits per heavy atom. The number of nitrogens with one attached hydrogen (secondary N) is 1. The molecule has 25 heavy (non-hydrogen) atoms. The summed E-state index contributed by atoms with van der Waals surface area (Å²) in [6.07, 6.45) is 0.532. The van der Waals surface area contributed by atoms with Gasteiger partial charge in [0.2, 0.25) is 0 Å². The second-order valence-corrected chi connectivity index (χ2v) is 5.37. The van der Waals surface area contributed by atoms with E-state index in [-0.39, 0.29) is 18.1 Å². The molecule has 7 nitrogen and oxygen atoms in total. The van der Waals surface area contributed by atoms with Gasteiger partial charge in [-0.2, -0.15) is 0 Å². The molecule has 0 aromatic heterocycles. The fourth-order valence-corrected chi connectivity index (χ4v) is 2.24. The van der Waals surface area contributed by atoms with Crippen molar-refractivity contribution >= 4 is 23.1 Å². The van der Waals surface area contributed by atoms with Gasteiger partial charge in [0, 0.05) is 22.9 Å². The van der Waals surface area contributed by atoms with Crippen LogP contribution in [0.5, 0.6) is 5.75 Å². The summed E-state index contributed by atoms with van der Waals surface area (Å²) in [6, 6.07) is 11.0. The van der Waals surface area contributed by atoms with E-state index in [1.165, 1.54) is 13.0 Å². The number of nitrogens with zero attached hydrogens (tertiary/aromatic N) is 1. The van der Waals surface area contributed by atoms with Crippen molar-refractivity contribution in [2.45, 2.75) is 20.3 Å². The van der Waals surface area contributed by atoms with Crippen LogP contribution in [0.15, 0.2) is 42.5 Å². The van der Waals surface area contributed by atoms with Crippen molar-refractivity contribution in [1.82, 2.24) is 0 Å². The molecule has 0 aliphatic heterocycles. The van der Waals surface area contributed by atoms with Crippen molar-refractivity contribution in [2.75, 3.05) is 11.9 Å². The zero-order valence-electron chi connectivity index (χ0n) is 13.9. The van der Waals surface area contributed by atoms with Crippen LogP contribution in [-0.2, 0) is 11.2 Å². The maximum atomic E-state index is 11.9. The molecule has 0 atom stereocenters. The van der Waals surface area contributed by atoms with Gasteiger partial charge in [-0.3, -0.25) is 19.7 Å². The lowest BCUT2D eigenvalue weighted by Crippen LogP contribution is -2.20. The Kier molecular flexibility index (Phi) is 5.84. The molecule has 0 radical (unpaired) electrons. The summed E-state index contributed by atoms with van der Waals surface area (Å²) in [5.41, 5.74) is 1.47. The van der Waals surface area contributed by atoms with Crippen molar-refractivity contribution in [2.24, 2.45) is 0 Å². The van der Waals surface area contributed by atoms with Crippen LogP contribution in [0.2, 0.25) is 0 Å². The van der Waals surface area contributed by atoms with Gasteiger partial charge in [-0.1, -0.05) is 13.0 Å². The largest absolute Gasteiger partial charge is 0.484 e. The quantitative estimate of drug-likeness (QED) is 0.472. The van der Waals surface area contributed by atoms with E-state index in [1.54, 1.807) is 36.4 Å². The van der Waals surface area contributed by atoms with Gasteiger partial charge in [0.15, 0.2) is 12.4 Å². The summed E-state index contributed by atoms with van der Waals surface area (Å²) in [5.74, 6) is -0.0388. The van der Waals surface area contributed by atoms with E-state index < -0.39 is 10.8 Å². The number of carbonyl (C=O) groups is 2. The predicted molar refractivity (Wildman–Crippen MR) is 93.0 cm³/mol. The second-order valence-electron chi connectivity index (χ2n) is 5.37. The fraction of sp³-hybridized carbons (Fsp3) is 0.222. The van der Waals surface area contributed by atoms with E-state index in [0.29, 0.717) is 29.0 Å². The molecule has 0 spiro atoms. The predicted octanol–water partition coefficient (Wildman–Crippen LogP) is 3.38. The molecule has 0 unspecified atom stereocenters. The summed E-state index contributed by atoms with van der Waals surface area (Å²) in [6.45, 7) is 3.04. The first-order chi connectivity index (χ1) is 11.9. The number of anilines is 1. The minimum Gasteiger partial charge on any atom is -0.484 e. The first-order valence-electron chi connectivity index (χ1n) is 7.71. The van der Waals surface area contributed by atoms with E-state index in [9.17, 15) is 19.7 Å². The van der Waals surface area contributed by atoms with Crippen molar-refractivity contribution in [3.05, 3.63) is 63.7 Å². The van der Waals surface area contributed by atoms with Gasteiger partial charge in [0.05, 0.1) is 4.92 Å². The topological polar surface area (TPSA) is 98.5 Å². The number of amides is 1. The molecule has 1 N–H and O–H groups in total. The SMILES string of the molecule is CCc1ccc(NC(=O)COc2ccc(C(C)=O)cc2)cc1[N+](=O)[O-]. The van der Waals surface area contributed by atoms with Crippen LogP contribution in [0.3, 0.4) is 0 Å². The third-order valence-electron chi connectivity index (χ3n) is 3.58. The maximum absolute atomic E-state index is 11.9. The molecule has 0 aliphatic rings. The number of nitro groups is 1. The number of nitro benzene ring substituents is 1. The second kappa shape index (κ2) is 8.05. The van der Waals surface area contributed by atoms with Gasteiger partial charge in [-0.25, -0.2) is 0 Å². The Bertz CT molecular complexity index is 800. The number of hydrogen-bond acceptors (Lipinski definition) is 5. The first-order valence-corrected chi connectivity index (χ1v) is 7.71. The van der Waals surface area contributed by atoms with Gasteiger partial charge in [-0.15, -0.1) is 0 Å². The van der Waals surface area contributed by atoms with E-state index in [1.807, 2.05) is 6.92 Å². The molecule has 2 aromatic rings. The Morgan fingerprint density at radius 1 is 1.16 bits per heavy atom. The molecule has 130 valence electrons. The molecule has 0 bridgehead atoms. The zero-order valence-corrected chi connectivity index (χ0v) is 13.9. The standard InChI is InChI=1S/C18H18N2O5/c1-3-13-4-7-15(10-17(13)20(23)24)19-18(22)11-25-16-8-5-14(6-9-16)12(2)21/h4-10H,3,11H2,1-2H3,(H,19,22). The maximum Gasteiger partial charge on any atom is 0.274 e. The van der Waals surface area contributed by atoms with E-state index in [2.05, 4.69) is 5.32 Å². The highest BCUT2D eigenvalue weighted by molar-refractivity contribution is 5.94. The average Bonchev–Trinajstić information content (AvgIpc) is 2.60. The number of ketones is 1. The Morgan fingerprint density at radius 2 is 1.84 bits per heavy atom. The van der Waals surface area contributed by atoms with Crippen LogP contribution in [-0.4, -0.2) is 23.2 Å². The highest BCUT2D eigenvalue weighted by Crippen LogP contribution is 2.23. The third-order valence-corrected chi connectivity index (χ3v) is 3.58. The number of Topliss-reactive ketones (excluding diaryl/α,β-unsaturated/α-hetero) is 1. The lowest BCUT2D eigenvalue weighted by Gasteiger charge is -2.09. The molecule has 0 saturated heterocycles. The van der Waals surface area contributed by atoms with Crippen molar-refractivity contribution in [1.29, 1.82) is 0 Å². The molecule has 0 fully saturated rings. The normalized spacial score (nSPS) is 10.2. The highest BCUT2D eigenvalue weighted by Gasteiger charge is 2.14. The van der Waals surface area contributed by atoms with E-state index in [4.69, 9.17) is 4.74 Å². The molecule has 1 amide bonds. The minimum atomic E-state index is -0.471. The lowest BCUT2D eigenvalue weighted by atomic mass is 10.1. The molecule has 0 aliphatic carbocycles. The Balaban J connectivity index is 1.97. The lowest BCUT2D eigenvalue weighted by molar-refractivity contribution is -0.385. The number of ether oxygens (including phenoxy) is 1. The van der Waals surface area contributed by atoms with Crippen LogP contribution >= 0.6 is 0 Å². The molecule has 0 saturated carbocycles. The van der Waals surface area contributed by atoms with Crippen molar-refractivity contribution < 1.29 is 19.2 Å². The smallest absolute Gasteiger partial charge is 0.274 e. The highest BCUT2D eigenvalue weighted by atomic mass is 16.6. The fourth-order valence-electron chi connectivity index (χ4n) is 2.24. The number of hydrogen-bond donors (Lipinski definition) is 1. The molecular formula is C18H18N2O5. The summed E-state index contributed by atoms with van der Waals surface area (Å²) < 4.78 is 5.34. The van der Waals surface area contributed by atoms with Crippen molar-refractivity contribution in [3.63, 3.8) is 0 Å². The van der Waals surface area contributed by atoms with Gasteiger partial charge < -0.3 is 10.1 Å². The van der Waals surface area contributed by atoms with E-state index in [0.717, 1.165) is 0 Å².